The molecule has 6 heteroatoms. The van der Waals surface area contributed by atoms with E-state index in [9.17, 15) is 0 Å². The predicted molar refractivity (Wildman–Crippen MR) is 148 cm³/mol. The van der Waals surface area contributed by atoms with Crippen LogP contribution >= 0.6 is 31.9 Å². The number of rotatable bonds is 7. The Hall–Kier alpha value is -2.31. The Morgan fingerprint density at radius 3 is 2.49 bits per heavy atom. The van der Waals surface area contributed by atoms with E-state index in [2.05, 4.69) is 100 Å². The first-order chi connectivity index (χ1) is 16.9. The van der Waals surface area contributed by atoms with Crippen LogP contribution in [0.5, 0.6) is 11.5 Å². The lowest BCUT2D eigenvalue weighted by molar-refractivity contribution is -0.0197. The lowest BCUT2D eigenvalue weighted by Gasteiger charge is -2.38. The Morgan fingerprint density at radius 2 is 1.80 bits per heavy atom. The molecular formula is C29H30Br2N2O2. The summed E-state index contributed by atoms with van der Waals surface area (Å²) in [4.78, 5) is 0. The molecule has 0 fully saturated rings. The first kappa shape index (κ1) is 24.4. The first-order valence-electron chi connectivity index (χ1n) is 12.3. The highest BCUT2D eigenvalue weighted by atomic mass is 79.9. The monoisotopic (exact) mass is 596 g/mol. The van der Waals surface area contributed by atoms with Crippen molar-refractivity contribution >= 4 is 37.6 Å². The molecule has 35 heavy (non-hydrogen) atoms. The minimum Gasteiger partial charge on any atom is -0.494 e. The van der Waals surface area contributed by atoms with Gasteiger partial charge in [-0.3, -0.25) is 0 Å². The van der Waals surface area contributed by atoms with Gasteiger partial charge in [-0.05, 0) is 75.8 Å². The second kappa shape index (κ2) is 10.4. The average Bonchev–Trinajstić information content (AvgIpc) is 3.30. The lowest BCUT2D eigenvalue weighted by Crippen LogP contribution is -2.34. The number of nitrogens with zero attached hydrogens (tertiary/aromatic N) is 2. The van der Waals surface area contributed by atoms with Crippen LogP contribution in [0, 0.1) is 0 Å². The SMILES string of the molecule is CCCCOc1ccc(C2=NN3C(C2)c2cc(Br)cc(Br)c2OC3c2ccc(C(C)C)cc2)cc1. The minimum absolute atomic E-state index is 0.0952. The lowest BCUT2D eigenvalue weighted by atomic mass is 9.95. The fourth-order valence-electron chi connectivity index (χ4n) is 4.63. The summed E-state index contributed by atoms with van der Waals surface area (Å²) >= 11 is 7.39. The van der Waals surface area contributed by atoms with Crippen molar-refractivity contribution in [2.75, 3.05) is 6.61 Å². The van der Waals surface area contributed by atoms with Crippen LogP contribution in [0.4, 0.5) is 0 Å². The molecule has 2 heterocycles. The summed E-state index contributed by atoms with van der Waals surface area (Å²) in [6.45, 7) is 7.35. The molecule has 0 saturated heterocycles. The second-order valence-electron chi connectivity index (χ2n) is 9.47. The Labute approximate surface area is 224 Å². The number of hydrogen-bond donors (Lipinski definition) is 0. The zero-order valence-corrected chi connectivity index (χ0v) is 23.5. The van der Waals surface area contributed by atoms with E-state index in [1.807, 2.05) is 18.2 Å². The molecule has 2 unspecified atom stereocenters. The van der Waals surface area contributed by atoms with Crippen molar-refractivity contribution in [1.82, 2.24) is 5.01 Å². The molecule has 0 spiro atoms. The molecule has 4 nitrogen and oxygen atoms in total. The van der Waals surface area contributed by atoms with Gasteiger partial charge in [0.1, 0.15) is 11.5 Å². The van der Waals surface area contributed by atoms with Gasteiger partial charge in [-0.2, -0.15) is 5.10 Å². The molecule has 0 radical (unpaired) electrons. The number of fused-ring (bicyclic) bond motifs is 3. The van der Waals surface area contributed by atoms with E-state index >= 15 is 0 Å². The predicted octanol–water partition coefficient (Wildman–Crippen LogP) is 8.76. The largest absolute Gasteiger partial charge is 0.494 e. The summed E-state index contributed by atoms with van der Waals surface area (Å²) < 4.78 is 14.4. The topological polar surface area (TPSA) is 34.1 Å². The van der Waals surface area contributed by atoms with E-state index in [1.165, 1.54) is 5.56 Å². The van der Waals surface area contributed by atoms with Gasteiger partial charge in [-0.15, -0.1) is 0 Å². The standard InChI is InChI=1S/C29H30Br2N2O2/c1-4-5-14-34-23-12-10-20(11-13-23)26-17-27-24-15-22(30)16-25(31)28(24)35-29(33(27)32-26)21-8-6-19(7-9-21)18(2)3/h6-13,15-16,18,27,29H,4-5,14,17H2,1-3H3. The smallest absolute Gasteiger partial charge is 0.213 e. The zero-order chi connectivity index (χ0) is 24.5. The number of benzene rings is 3. The van der Waals surface area contributed by atoms with Gasteiger partial charge in [0.2, 0.25) is 6.23 Å². The van der Waals surface area contributed by atoms with Gasteiger partial charge in [0, 0.05) is 22.0 Å². The van der Waals surface area contributed by atoms with Gasteiger partial charge in [-0.25, -0.2) is 5.01 Å². The highest BCUT2D eigenvalue weighted by Gasteiger charge is 2.42. The van der Waals surface area contributed by atoms with Crippen molar-refractivity contribution in [3.8, 4) is 11.5 Å². The third-order valence-corrected chi connectivity index (χ3v) is 7.70. The fourth-order valence-corrected chi connectivity index (χ4v) is 5.98. The molecule has 3 aromatic carbocycles. The number of halogens is 2. The number of hydrazone groups is 1. The summed E-state index contributed by atoms with van der Waals surface area (Å²) in [6, 6.07) is 21.3. The van der Waals surface area contributed by atoms with Crippen molar-refractivity contribution in [1.29, 1.82) is 0 Å². The van der Waals surface area contributed by atoms with Crippen molar-refractivity contribution in [3.63, 3.8) is 0 Å². The quantitative estimate of drug-likeness (QED) is 0.255. The first-order valence-corrected chi connectivity index (χ1v) is 13.9. The summed E-state index contributed by atoms with van der Waals surface area (Å²) in [5, 5.41) is 7.24. The Kier molecular flexibility index (Phi) is 7.21. The molecule has 182 valence electrons. The van der Waals surface area contributed by atoms with E-state index in [4.69, 9.17) is 14.6 Å². The van der Waals surface area contributed by atoms with Gasteiger partial charge in [0.15, 0.2) is 0 Å². The van der Waals surface area contributed by atoms with Crippen LogP contribution < -0.4 is 9.47 Å². The highest BCUT2D eigenvalue weighted by Crippen LogP contribution is 2.51. The Balaban J connectivity index is 1.49. The molecule has 2 aliphatic rings. The molecular weight excluding hydrogens is 568 g/mol. The molecule has 0 amide bonds. The Bertz CT molecular complexity index is 1220. The van der Waals surface area contributed by atoms with Crippen LogP contribution in [-0.4, -0.2) is 17.3 Å². The van der Waals surface area contributed by atoms with Gasteiger partial charge >= 0.3 is 0 Å². The third-order valence-electron chi connectivity index (χ3n) is 6.65. The minimum atomic E-state index is -0.291. The zero-order valence-electron chi connectivity index (χ0n) is 20.3. The maximum absolute atomic E-state index is 6.61. The molecule has 2 aliphatic heterocycles. The van der Waals surface area contributed by atoms with E-state index < -0.39 is 0 Å². The molecule has 0 saturated carbocycles. The van der Waals surface area contributed by atoms with Crippen molar-refractivity contribution in [2.24, 2.45) is 5.10 Å². The van der Waals surface area contributed by atoms with E-state index in [0.717, 1.165) is 68.7 Å². The summed E-state index contributed by atoms with van der Waals surface area (Å²) in [5.41, 5.74) is 5.74. The van der Waals surface area contributed by atoms with Crippen LogP contribution in [0.15, 0.2) is 74.7 Å². The summed E-state index contributed by atoms with van der Waals surface area (Å²) in [7, 11) is 0. The van der Waals surface area contributed by atoms with Crippen LogP contribution in [-0.2, 0) is 0 Å². The van der Waals surface area contributed by atoms with Crippen molar-refractivity contribution in [3.05, 3.63) is 91.9 Å². The molecule has 5 rings (SSSR count). The van der Waals surface area contributed by atoms with Crippen molar-refractivity contribution in [2.45, 2.75) is 58.2 Å². The van der Waals surface area contributed by atoms with Crippen LogP contribution in [0.1, 0.15) is 80.5 Å². The Morgan fingerprint density at radius 1 is 1.06 bits per heavy atom. The maximum Gasteiger partial charge on any atom is 0.213 e. The molecule has 0 aliphatic carbocycles. The number of unbranched alkanes of at least 4 members (excludes halogenated alkanes) is 1. The molecule has 0 aromatic heterocycles. The maximum atomic E-state index is 6.61. The second-order valence-corrected chi connectivity index (χ2v) is 11.2. The normalized spacial score (nSPS) is 18.7. The van der Waals surface area contributed by atoms with Crippen LogP contribution in [0.2, 0.25) is 0 Å². The third kappa shape index (κ3) is 5.01. The highest BCUT2D eigenvalue weighted by molar-refractivity contribution is 9.11. The van der Waals surface area contributed by atoms with E-state index in [1.54, 1.807) is 0 Å². The van der Waals surface area contributed by atoms with Crippen molar-refractivity contribution < 1.29 is 9.47 Å². The van der Waals surface area contributed by atoms with Gasteiger partial charge in [0.25, 0.3) is 0 Å². The van der Waals surface area contributed by atoms with Gasteiger partial charge in [0.05, 0.1) is 22.8 Å². The number of ether oxygens (including phenoxy) is 2. The molecule has 0 bridgehead atoms. The van der Waals surface area contributed by atoms with Crippen LogP contribution in [0.3, 0.4) is 0 Å². The van der Waals surface area contributed by atoms with Gasteiger partial charge < -0.3 is 9.47 Å². The molecule has 3 aromatic rings. The van der Waals surface area contributed by atoms with E-state index in [-0.39, 0.29) is 12.3 Å². The summed E-state index contributed by atoms with van der Waals surface area (Å²) in [6.07, 6.45) is 2.72. The van der Waals surface area contributed by atoms with Gasteiger partial charge in [-0.1, -0.05) is 67.4 Å². The molecule has 2 atom stereocenters. The summed E-state index contributed by atoms with van der Waals surface area (Å²) in [5.74, 6) is 2.29. The fraction of sp³-hybridized carbons (Fsp3) is 0.345. The molecule has 0 N–H and O–H groups in total. The average molecular weight is 598 g/mol. The van der Waals surface area contributed by atoms with Crippen LogP contribution in [0.25, 0.3) is 0 Å². The van der Waals surface area contributed by atoms with E-state index in [0.29, 0.717) is 5.92 Å². The number of hydrogen-bond acceptors (Lipinski definition) is 4.